The predicted molar refractivity (Wildman–Crippen MR) is 92.6 cm³/mol. The van der Waals surface area contributed by atoms with Gasteiger partial charge in [-0.25, -0.2) is 0 Å². The zero-order valence-electron chi connectivity index (χ0n) is 13.8. The Hall–Kier alpha value is -2.62. The Labute approximate surface area is 136 Å². The maximum atomic E-state index is 5.98. The molecule has 2 aromatic heterocycles. The summed E-state index contributed by atoms with van der Waals surface area (Å²) in [6.07, 6.45) is 6.01. The van der Waals surface area contributed by atoms with Crippen LogP contribution in [0.5, 0.6) is 5.88 Å². The van der Waals surface area contributed by atoms with E-state index in [0.29, 0.717) is 12.5 Å². The quantitative estimate of drug-likeness (QED) is 0.663. The molecule has 0 amide bonds. The molecule has 0 N–H and O–H groups in total. The first-order chi connectivity index (χ1) is 11.2. The first kappa shape index (κ1) is 15.3. The van der Waals surface area contributed by atoms with E-state index in [0.717, 1.165) is 23.0 Å². The third-order valence-electron chi connectivity index (χ3n) is 4.16. The fourth-order valence-corrected chi connectivity index (χ4v) is 2.73. The first-order valence-corrected chi connectivity index (χ1v) is 7.81. The number of rotatable bonds is 5. The van der Waals surface area contributed by atoms with Crippen molar-refractivity contribution in [3.63, 3.8) is 0 Å². The minimum Gasteiger partial charge on any atom is -0.470 e. The Bertz CT molecular complexity index is 835. The van der Waals surface area contributed by atoms with Gasteiger partial charge in [-0.15, -0.1) is 5.10 Å². The lowest BCUT2D eigenvalue weighted by molar-refractivity contribution is 0.293. The number of allylic oxidation sites excluding steroid dienone is 2. The van der Waals surface area contributed by atoms with Gasteiger partial charge in [-0.2, -0.15) is 5.10 Å². The van der Waals surface area contributed by atoms with Gasteiger partial charge in [0.1, 0.15) is 12.1 Å². The molecule has 0 aliphatic rings. The Morgan fingerprint density at radius 1 is 1.17 bits per heavy atom. The van der Waals surface area contributed by atoms with Crippen LogP contribution in [-0.2, 0) is 13.2 Å². The van der Waals surface area contributed by atoms with Crippen molar-refractivity contribution < 1.29 is 4.74 Å². The average Bonchev–Trinajstić information content (AvgIpc) is 2.84. The van der Waals surface area contributed by atoms with Crippen molar-refractivity contribution in [1.29, 1.82) is 0 Å². The molecular weight excluding hydrogens is 286 g/mol. The zero-order valence-corrected chi connectivity index (χ0v) is 13.8. The van der Waals surface area contributed by atoms with Gasteiger partial charge in [0.05, 0.1) is 6.20 Å². The smallest absolute Gasteiger partial charge is 0.258 e. The summed E-state index contributed by atoms with van der Waals surface area (Å²) in [5.41, 5.74) is 4.58. The molecule has 4 heteroatoms. The monoisotopic (exact) mass is 307 g/mol. The number of benzene rings is 1. The van der Waals surface area contributed by atoms with Crippen molar-refractivity contribution in [3.8, 4) is 5.88 Å². The highest BCUT2D eigenvalue weighted by Gasteiger charge is 2.16. The molecule has 4 nitrogen and oxygen atoms in total. The molecule has 0 aliphatic heterocycles. The Balaban J connectivity index is 2.01. The van der Waals surface area contributed by atoms with E-state index in [4.69, 9.17) is 4.74 Å². The number of hydrogen-bond acceptors (Lipinski definition) is 3. The van der Waals surface area contributed by atoms with Crippen LogP contribution in [-0.4, -0.2) is 14.8 Å². The molecule has 0 saturated heterocycles. The number of hydrogen-bond donors (Lipinski definition) is 0. The summed E-state index contributed by atoms with van der Waals surface area (Å²) in [6, 6.07) is 10.1. The van der Waals surface area contributed by atoms with Crippen molar-refractivity contribution in [2.45, 2.75) is 33.9 Å². The largest absolute Gasteiger partial charge is 0.470 e. The second-order valence-corrected chi connectivity index (χ2v) is 5.58. The predicted octanol–water partition coefficient (Wildman–Crippen LogP) is 4.20. The molecule has 0 aliphatic carbocycles. The van der Waals surface area contributed by atoms with Crippen molar-refractivity contribution in [2.75, 3.05) is 0 Å². The number of ether oxygens (including phenoxy) is 1. The first-order valence-electron chi connectivity index (χ1n) is 7.81. The molecule has 2 heterocycles. The fourth-order valence-electron chi connectivity index (χ4n) is 2.73. The van der Waals surface area contributed by atoms with Gasteiger partial charge in [0.2, 0.25) is 0 Å². The Morgan fingerprint density at radius 2 is 1.96 bits per heavy atom. The lowest BCUT2D eigenvalue weighted by Gasteiger charge is -2.09. The molecule has 118 valence electrons. The summed E-state index contributed by atoms with van der Waals surface area (Å²) in [7, 11) is 0. The third kappa shape index (κ3) is 2.97. The van der Waals surface area contributed by atoms with Crippen molar-refractivity contribution in [3.05, 3.63) is 65.5 Å². The van der Waals surface area contributed by atoms with E-state index in [-0.39, 0.29) is 0 Å². The second kappa shape index (κ2) is 6.65. The zero-order chi connectivity index (χ0) is 16.2. The van der Waals surface area contributed by atoms with Crippen LogP contribution in [0.1, 0.15) is 23.7 Å². The normalized spacial score (nSPS) is 11.4. The Morgan fingerprint density at radius 3 is 2.70 bits per heavy atom. The van der Waals surface area contributed by atoms with Gasteiger partial charge in [-0.3, -0.25) is 0 Å². The third-order valence-corrected chi connectivity index (χ3v) is 4.16. The highest BCUT2D eigenvalue weighted by molar-refractivity contribution is 5.88. The Kier molecular flexibility index (Phi) is 4.42. The van der Waals surface area contributed by atoms with Gasteiger partial charge in [-0.1, -0.05) is 42.5 Å². The molecular formula is C19H21N3O. The summed E-state index contributed by atoms with van der Waals surface area (Å²) in [5, 5.41) is 9.44. The summed E-state index contributed by atoms with van der Waals surface area (Å²) >= 11 is 0. The molecule has 0 unspecified atom stereocenters. The minimum absolute atomic E-state index is 0.488. The molecule has 0 bridgehead atoms. The number of aromatic nitrogens is 3. The van der Waals surface area contributed by atoms with Crippen LogP contribution in [0, 0.1) is 13.8 Å². The van der Waals surface area contributed by atoms with Crippen LogP contribution < -0.4 is 4.74 Å². The lowest BCUT2D eigenvalue weighted by atomic mass is 10.2. The molecule has 0 fully saturated rings. The minimum atomic E-state index is 0.488. The molecule has 1 aromatic carbocycles. The van der Waals surface area contributed by atoms with Gasteiger partial charge < -0.3 is 9.30 Å². The van der Waals surface area contributed by atoms with Crippen molar-refractivity contribution in [2.24, 2.45) is 0 Å². The fraction of sp³-hybridized carbons (Fsp3) is 0.263. The van der Waals surface area contributed by atoms with Crippen LogP contribution in [0.2, 0.25) is 0 Å². The van der Waals surface area contributed by atoms with E-state index in [1.165, 1.54) is 11.3 Å². The molecule has 3 aromatic rings. The lowest BCUT2D eigenvalue weighted by Crippen LogP contribution is -2.03. The molecule has 0 radical (unpaired) electrons. The van der Waals surface area contributed by atoms with Crippen LogP contribution in [0.15, 0.2) is 48.7 Å². The maximum Gasteiger partial charge on any atom is 0.258 e. The van der Waals surface area contributed by atoms with Crippen LogP contribution in [0.4, 0.5) is 0 Å². The van der Waals surface area contributed by atoms with Gasteiger partial charge in [0.15, 0.2) is 0 Å². The van der Waals surface area contributed by atoms with Crippen molar-refractivity contribution >= 4 is 10.9 Å². The van der Waals surface area contributed by atoms with Gasteiger partial charge in [0, 0.05) is 17.6 Å². The van der Waals surface area contributed by atoms with E-state index < -0.39 is 0 Å². The highest BCUT2D eigenvalue weighted by atomic mass is 16.5. The summed E-state index contributed by atoms with van der Waals surface area (Å²) in [6.45, 7) is 7.56. The maximum absolute atomic E-state index is 5.98. The van der Waals surface area contributed by atoms with E-state index >= 15 is 0 Å². The average molecular weight is 307 g/mol. The number of nitrogens with zero attached hydrogens (tertiary/aromatic N) is 3. The van der Waals surface area contributed by atoms with Crippen LogP contribution in [0.25, 0.3) is 10.9 Å². The molecule has 0 atom stereocenters. The number of aryl methyl sites for hydroxylation is 1. The topological polar surface area (TPSA) is 39.9 Å². The summed E-state index contributed by atoms with van der Waals surface area (Å²) < 4.78 is 8.21. The molecule has 0 spiro atoms. The van der Waals surface area contributed by atoms with Crippen LogP contribution >= 0.6 is 0 Å². The summed E-state index contributed by atoms with van der Waals surface area (Å²) in [4.78, 5) is 0. The van der Waals surface area contributed by atoms with E-state index in [9.17, 15) is 0 Å². The van der Waals surface area contributed by atoms with Crippen LogP contribution in [0.3, 0.4) is 0 Å². The molecule has 3 rings (SSSR count). The SMILES string of the molecule is C/C=C/Cn1c(C)c(C)c2cnnc(OCc3ccccc3)c21. The second-order valence-electron chi connectivity index (χ2n) is 5.58. The molecule has 0 saturated carbocycles. The van der Waals surface area contributed by atoms with E-state index in [1.807, 2.05) is 43.5 Å². The van der Waals surface area contributed by atoms with Crippen molar-refractivity contribution in [1.82, 2.24) is 14.8 Å². The summed E-state index contributed by atoms with van der Waals surface area (Å²) in [5.74, 6) is 0.590. The molecule has 23 heavy (non-hydrogen) atoms. The van der Waals surface area contributed by atoms with Gasteiger partial charge in [0.25, 0.3) is 5.88 Å². The van der Waals surface area contributed by atoms with E-state index in [2.05, 4.69) is 40.8 Å². The highest BCUT2D eigenvalue weighted by Crippen LogP contribution is 2.30. The van der Waals surface area contributed by atoms with Gasteiger partial charge in [-0.05, 0) is 31.9 Å². The standard InChI is InChI=1S/C19H21N3O/c1-4-5-11-22-15(3)14(2)17-12-20-21-19(18(17)22)23-13-16-9-7-6-8-10-16/h4-10,12H,11,13H2,1-3H3/b5-4+. The van der Waals surface area contributed by atoms with E-state index in [1.54, 1.807) is 0 Å². The van der Waals surface area contributed by atoms with Gasteiger partial charge >= 0.3 is 0 Å². The number of fused-ring (bicyclic) bond motifs is 1.